The zero-order valence-electron chi connectivity index (χ0n) is 18.8. The molecule has 8 nitrogen and oxygen atoms in total. The first kappa shape index (κ1) is 27.4. The molecule has 0 bridgehead atoms. The summed E-state index contributed by atoms with van der Waals surface area (Å²) in [6.07, 6.45) is 2.20. The van der Waals surface area contributed by atoms with Gasteiger partial charge in [-0.3, -0.25) is 9.59 Å². The molecule has 0 radical (unpaired) electrons. The van der Waals surface area contributed by atoms with Crippen molar-refractivity contribution >= 4 is 56.5 Å². The van der Waals surface area contributed by atoms with E-state index >= 15 is 0 Å². The summed E-state index contributed by atoms with van der Waals surface area (Å²) in [5.74, 6) is 1.60. The molecule has 0 fully saturated rings. The summed E-state index contributed by atoms with van der Waals surface area (Å²) in [6, 6.07) is 19.2. The number of aromatic nitrogens is 4. The quantitative estimate of drug-likeness (QED) is 0.246. The van der Waals surface area contributed by atoms with Gasteiger partial charge < -0.3 is 10.6 Å². The largest absolute Gasteiger partial charge is 0.300 e. The molecule has 0 saturated carbocycles. The summed E-state index contributed by atoms with van der Waals surface area (Å²) in [4.78, 5) is 24.3. The van der Waals surface area contributed by atoms with Crippen LogP contribution in [0.25, 0.3) is 0 Å². The van der Waals surface area contributed by atoms with Crippen molar-refractivity contribution in [2.24, 2.45) is 0 Å². The van der Waals surface area contributed by atoms with Gasteiger partial charge in [0.1, 0.15) is 10.0 Å². The maximum atomic E-state index is 12.2. The van der Waals surface area contributed by atoms with Crippen LogP contribution in [0.3, 0.4) is 0 Å². The Balaban J connectivity index is 0.00000361. The molecule has 2 N–H and O–H groups in total. The van der Waals surface area contributed by atoms with E-state index in [4.69, 9.17) is 0 Å². The SMILES string of the molecule is C.O=C(Cc1ccccc1)Nc1nnc(CCSCCc2nnc(NC(=O)Cc3ccccc3)s2)s1. The first-order chi connectivity index (χ1) is 17.1. The van der Waals surface area contributed by atoms with Crippen LogP contribution in [0.2, 0.25) is 0 Å². The molecule has 0 spiro atoms. The Morgan fingerprint density at radius 2 is 1.08 bits per heavy atom. The van der Waals surface area contributed by atoms with Crippen molar-refractivity contribution in [3.8, 4) is 0 Å². The van der Waals surface area contributed by atoms with Crippen LogP contribution in [-0.4, -0.2) is 43.7 Å². The van der Waals surface area contributed by atoms with Crippen LogP contribution in [0, 0.1) is 0 Å². The van der Waals surface area contributed by atoms with Gasteiger partial charge in [0.15, 0.2) is 0 Å². The average Bonchev–Trinajstić information content (AvgIpc) is 3.49. The molecule has 188 valence electrons. The number of thioether (sulfide) groups is 1. The number of nitrogens with zero attached hydrogens (tertiary/aromatic N) is 4. The standard InChI is InChI=1S/C24H24N6O2S3.CH4/c31-19(15-17-7-3-1-4-8-17)25-23-29-27-21(34-23)11-13-33-14-12-22-28-30-24(35-22)26-20(32)16-18-9-5-2-6-10-18;/h1-10H,11-16H2,(H,25,29,31)(H,26,30,32);1H4. The second-order valence-corrected chi connectivity index (χ2v) is 10.9. The number of hydrogen-bond donors (Lipinski definition) is 2. The summed E-state index contributed by atoms with van der Waals surface area (Å²) in [6.45, 7) is 0. The molecule has 0 aliphatic rings. The van der Waals surface area contributed by atoms with E-state index < -0.39 is 0 Å². The molecule has 36 heavy (non-hydrogen) atoms. The van der Waals surface area contributed by atoms with Crippen LogP contribution >= 0.6 is 34.4 Å². The van der Waals surface area contributed by atoms with Crippen molar-refractivity contribution in [3.63, 3.8) is 0 Å². The molecule has 4 rings (SSSR count). The fraction of sp³-hybridized carbons (Fsp3) is 0.280. The fourth-order valence-corrected chi connectivity index (χ4v) is 5.77. The Morgan fingerprint density at radius 1 is 0.667 bits per heavy atom. The van der Waals surface area contributed by atoms with E-state index in [0.29, 0.717) is 23.1 Å². The predicted molar refractivity (Wildman–Crippen MR) is 149 cm³/mol. The van der Waals surface area contributed by atoms with Gasteiger partial charge in [-0.2, -0.15) is 11.8 Å². The van der Waals surface area contributed by atoms with E-state index in [0.717, 1.165) is 45.5 Å². The van der Waals surface area contributed by atoms with Crippen molar-refractivity contribution < 1.29 is 9.59 Å². The highest BCUT2D eigenvalue weighted by Gasteiger charge is 2.11. The smallest absolute Gasteiger partial charge is 0.230 e. The average molecular weight is 541 g/mol. The molecule has 0 aliphatic heterocycles. The van der Waals surface area contributed by atoms with Gasteiger partial charge in [-0.1, -0.05) is 90.8 Å². The van der Waals surface area contributed by atoms with Gasteiger partial charge in [-0.05, 0) is 22.6 Å². The van der Waals surface area contributed by atoms with Crippen LogP contribution in [0.1, 0.15) is 28.6 Å². The molecule has 0 unspecified atom stereocenters. The monoisotopic (exact) mass is 540 g/mol. The molecule has 2 heterocycles. The molecule has 0 atom stereocenters. The van der Waals surface area contributed by atoms with Crippen molar-refractivity contribution in [2.75, 3.05) is 22.1 Å². The van der Waals surface area contributed by atoms with Gasteiger partial charge in [0, 0.05) is 12.8 Å². The molecule has 2 amide bonds. The lowest BCUT2D eigenvalue weighted by Crippen LogP contribution is -2.14. The zero-order chi connectivity index (χ0) is 24.3. The lowest BCUT2D eigenvalue weighted by molar-refractivity contribution is -0.116. The Labute approximate surface area is 223 Å². The predicted octanol–water partition coefficient (Wildman–Crippen LogP) is 4.91. The van der Waals surface area contributed by atoms with E-state index in [-0.39, 0.29) is 19.2 Å². The minimum Gasteiger partial charge on any atom is -0.300 e. The summed E-state index contributed by atoms with van der Waals surface area (Å²) < 4.78 is 0. The van der Waals surface area contributed by atoms with Gasteiger partial charge in [0.05, 0.1) is 12.8 Å². The van der Waals surface area contributed by atoms with Crippen LogP contribution in [0.4, 0.5) is 10.3 Å². The molecule has 2 aromatic carbocycles. The molecule has 2 aromatic heterocycles. The fourth-order valence-electron chi connectivity index (χ4n) is 3.12. The molecular weight excluding hydrogens is 513 g/mol. The highest BCUT2D eigenvalue weighted by atomic mass is 32.2. The summed E-state index contributed by atoms with van der Waals surface area (Å²) in [7, 11) is 0. The Bertz CT molecular complexity index is 1140. The first-order valence-electron chi connectivity index (χ1n) is 11.0. The van der Waals surface area contributed by atoms with Gasteiger partial charge in [-0.25, -0.2) is 0 Å². The number of benzene rings is 2. The Morgan fingerprint density at radius 3 is 1.50 bits per heavy atom. The second-order valence-electron chi connectivity index (χ2n) is 7.54. The van der Waals surface area contributed by atoms with Crippen LogP contribution in [0.15, 0.2) is 60.7 Å². The number of carbonyl (C=O) groups is 2. The minimum absolute atomic E-state index is 0. The normalized spacial score (nSPS) is 10.4. The molecule has 11 heteroatoms. The Hall–Kier alpha value is -3.15. The van der Waals surface area contributed by atoms with Crippen molar-refractivity contribution in [3.05, 3.63) is 81.8 Å². The first-order valence-corrected chi connectivity index (χ1v) is 13.8. The zero-order valence-corrected chi connectivity index (χ0v) is 21.3. The van der Waals surface area contributed by atoms with E-state index in [9.17, 15) is 9.59 Å². The number of carbonyl (C=O) groups excluding carboxylic acids is 2. The van der Waals surface area contributed by atoms with Crippen molar-refractivity contribution in [1.82, 2.24) is 20.4 Å². The number of rotatable bonds is 12. The molecular formula is C25H28N6O2S3. The topological polar surface area (TPSA) is 110 Å². The van der Waals surface area contributed by atoms with Crippen LogP contribution in [0.5, 0.6) is 0 Å². The van der Waals surface area contributed by atoms with E-state index in [1.807, 2.05) is 60.7 Å². The minimum atomic E-state index is -0.0963. The van der Waals surface area contributed by atoms with Gasteiger partial charge >= 0.3 is 0 Å². The van der Waals surface area contributed by atoms with Gasteiger partial charge in [-0.15, -0.1) is 20.4 Å². The van der Waals surface area contributed by atoms with Gasteiger partial charge in [0.25, 0.3) is 0 Å². The molecule has 4 aromatic rings. The maximum Gasteiger partial charge on any atom is 0.230 e. The third-order valence-electron chi connectivity index (χ3n) is 4.76. The summed E-state index contributed by atoms with van der Waals surface area (Å²) in [5.41, 5.74) is 1.92. The lowest BCUT2D eigenvalue weighted by Gasteiger charge is -2.01. The number of aryl methyl sites for hydroxylation is 2. The molecule has 0 aliphatic carbocycles. The highest BCUT2D eigenvalue weighted by Crippen LogP contribution is 2.20. The van der Waals surface area contributed by atoms with E-state index in [1.165, 1.54) is 22.7 Å². The Kier molecular flexibility index (Phi) is 11.0. The third kappa shape index (κ3) is 9.14. The van der Waals surface area contributed by atoms with Crippen LogP contribution < -0.4 is 10.6 Å². The third-order valence-corrected chi connectivity index (χ3v) is 7.54. The molecule has 0 saturated heterocycles. The van der Waals surface area contributed by atoms with Crippen LogP contribution in [-0.2, 0) is 35.3 Å². The highest BCUT2D eigenvalue weighted by molar-refractivity contribution is 7.99. The van der Waals surface area contributed by atoms with E-state index in [1.54, 1.807) is 11.8 Å². The summed E-state index contributed by atoms with van der Waals surface area (Å²) >= 11 is 4.61. The van der Waals surface area contributed by atoms with Crippen molar-refractivity contribution in [1.29, 1.82) is 0 Å². The van der Waals surface area contributed by atoms with Crippen molar-refractivity contribution in [2.45, 2.75) is 33.1 Å². The number of amides is 2. The number of anilines is 2. The van der Waals surface area contributed by atoms with E-state index in [2.05, 4.69) is 31.0 Å². The lowest BCUT2D eigenvalue weighted by atomic mass is 10.1. The maximum absolute atomic E-state index is 12.2. The number of nitrogens with one attached hydrogen (secondary N) is 2. The summed E-state index contributed by atoms with van der Waals surface area (Å²) in [5, 5.41) is 25.0. The number of hydrogen-bond acceptors (Lipinski definition) is 9. The van der Waals surface area contributed by atoms with Gasteiger partial charge in [0.2, 0.25) is 22.1 Å². The second kappa shape index (κ2) is 14.4.